The summed E-state index contributed by atoms with van der Waals surface area (Å²) < 4.78 is 5.08. The molecule has 118 valence electrons. The summed E-state index contributed by atoms with van der Waals surface area (Å²) >= 11 is 1.64. The zero-order chi connectivity index (χ0) is 15.1. The Morgan fingerprint density at radius 1 is 1.52 bits per heavy atom. The molecule has 1 saturated heterocycles. The van der Waals surface area contributed by atoms with Crippen molar-refractivity contribution in [2.75, 3.05) is 19.8 Å². The third kappa shape index (κ3) is 5.32. The molecular weight excluding hydrogens is 288 g/mol. The molecule has 1 aromatic heterocycles. The number of hydrogen-bond donors (Lipinski definition) is 1. The van der Waals surface area contributed by atoms with Gasteiger partial charge in [0, 0.05) is 12.5 Å². The van der Waals surface area contributed by atoms with Gasteiger partial charge in [-0.05, 0) is 39.1 Å². The summed E-state index contributed by atoms with van der Waals surface area (Å²) in [5.74, 6) is 1.93. The topological polar surface area (TPSA) is 71.3 Å². The van der Waals surface area contributed by atoms with Crippen LogP contribution in [0.2, 0.25) is 0 Å². The summed E-state index contributed by atoms with van der Waals surface area (Å²) in [5.41, 5.74) is 0. The van der Waals surface area contributed by atoms with Crippen molar-refractivity contribution in [3.63, 3.8) is 0 Å². The lowest BCUT2D eigenvalue weighted by Crippen LogP contribution is -2.37. The van der Waals surface area contributed by atoms with Crippen molar-refractivity contribution in [1.82, 2.24) is 20.4 Å². The van der Waals surface area contributed by atoms with E-state index in [9.17, 15) is 4.79 Å². The van der Waals surface area contributed by atoms with E-state index >= 15 is 0 Å². The highest BCUT2D eigenvalue weighted by molar-refractivity contribution is 7.97. The Morgan fingerprint density at radius 2 is 2.38 bits per heavy atom. The quantitative estimate of drug-likeness (QED) is 0.828. The van der Waals surface area contributed by atoms with Crippen molar-refractivity contribution < 1.29 is 9.32 Å². The second-order valence-electron chi connectivity index (χ2n) is 5.48. The number of amides is 1. The Labute approximate surface area is 130 Å². The van der Waals surface area contributed by atoms with E-state index in [1.54, 1.807) is 11.8 Å². The molecule has 0 radical (unpaired) electrons. The first-order valence-electron chi connectivity index (χ1n) is 7.46. The van der Waals surface area contributed by atoms with E-state index in [1.807, 2.05) is 6.26 Å². The van der Waals surface area contributed by atoms with Crippen LogP contribution in [0.15, 0.2) is 4.52 Å². The first-order chi connectivity index (χ1) is 10.2. The maximum Gasteiger partial charge on any atom is 0.246 e. The lowest BCUT2D eigenvalue weighted by molar-refractivity contribution is -0.121. The highest BCUT2D eigenvalue weighted by Crippen LogP contribution is 2.18. The number of thioether (sulfide) groups is 1. The third-order valence-electron chi connectivity index (χ3n) is 3.85. The molecule has 1 aliphatic heterocycles. The number of rotatable bonds is 7. The fourth-order valence-electron chi connectivity index (χ4n) is 2.62. The monoisotopic (exact) mass is 312 g/mol. The zero-order valence-corrected chi connectivity index (χ0v) is 13.6. The SMILES string of the molecule is CSCc1noc(CNC(=O)CCC2CCCCN2C)n1. The van der Waals surface area contributed by atoms with E-state index in [2.05, 4.69) is 27.4 Å². The minimum atomic E-state index is 0.0542. The molecule has 2 rings (SSSR count). The van der Waals surface area contributed by atoms with Crippen LogP contribution in [0.1, 0.15) is 43.8 Å². The van der Waals surface area contributed by atoms with Crippen molar-refractivity contribution in [2.24, 2.45) is 0 Å². The van der Waals surface area contributed by atoms with Gasteiger partial charge in [-0.25, -0.2) is 0 Å². The van der Waals surface area contributed by atoms with Gasteiger partial charge in [0.2, 0.25) is 11.8 Å². The van der Waals surface area contributed by atoms with Gasteiger partial charge in [0.05, 0.1) is 12.3 Å². The smallest absolute Gasteiger partial charge is 0.246 e. The average molecular weight is 312 g/mol. The molecular formula is C14H24N4O2S. The van der Waals surface area contributed by atoms with Crippen LogP contribution >= 0.6 is 11.8 Å². The maximum absolute atomic E-state index is 11.9. The lowest BCUT2D eigenvalue weighted by Gasteiger charge is -2.32. The fourth-order valence-corrected chi connectivity index (χ4v) is 2.99. The number of aromatic nitrogens is 2. The van der Waals surface area contributed by atoms with E-state index in [4.69, 9.17) is 4.52 Å². The predicted molar refractivity (Wildman–Crippen MR) is 82.9 cm³/mol. The van der Waals surface area contributed by atoms with Crippen LogP contribution < -0.4 is 5.32 Å². The van der Waals surface area contributed by atoms with Crippen molar-refractivity contribution >= 4 is 17.7 Å². The van der Waals surface area contributed by atoms with Gasteiger partial charge < -0.3 is 14.7 Å². The van der Waals surface area contributed by atoms with E-state index in [0.29, 0.717) is 30.7 Å². The number of piperidine rings is 1. The van der Waals surface area contributed by atoms with Gasteiger partial charge in [0.15, 0.2) is 5.82 Å². The van der Waals surface area contributed by atoms with Crippen LogP contribution in [0.3, 0.4) is 0 Å². The van der Waals surface area contributed by atoms with E-state index < -0.39 is 0 Å². The van der Waals surface area contributed by atoms with E-state index in [1.165, 1.54) is 19.3 Å². The molecule has 1 fully saturated rings. The highest BCUT2D eigenvalue weighted by Gasteiger charge is 2.19. The second kappa shape index (κ2) is 8.38. The van der Waals surface area contributed by atoms with Crippen LogP contribution in [-0.4, -0.2) is 46.8 Å². The van der Waals surface area contributed by atoms with Crippen LogP contribution in [-0.2, 0) is 17.1 Å². The maximum atomic E-state index is 11.9. The van der Waals surface area contributed by atoms with Crippen molar-refractivity contribution in [3.8, 4) is 0 Å². The highest BCUT2D eigenvalue weighted by atomic mass is 32.2. The van der Waals surface area contributed by atoms with Crippen molar-refractivity contribution in [2.45, 2.75) is 50.4 Å². The molecule has 1 atom stereocenters. The van der Waals surface area contributed by atoms with Gasteiger partial charge >= 0.3 is 0 Å². The number of hydrogen-bond acceptors (Lipinski definition) is 6. The van der Waals surface area contributed by atoms with Crippen LogP contribution in [0.4, 0.5) is 0 Å². The minimum Gasteiger partial charge on any atom is -0.347 e. The van der Waals surface area contributed by atoms with Crippen molar-refractivity contribution in [3.05, 3.63) is 11.7 Å². The minimum absolute atomic E-state index is 0.0542. The third-order valence-corrected chi connectivity index (χ3v) is 4.39. The molecule has 0 saturated carbocycles. The molecule has 6 nitrogen and oxygen atoms in total. The molecule has 1 aliphatic rings. The number of carbonyl (C=O) groups excluding carboxylic acids is 1. The normalized spacial score (nSPS) is 19.6. The molecule has 0 bridgehead atoms. The van der Waals surface area contributed by atoms with E-state index in [0.717, 1.165) is 18.7 Å². The van der Waals surface area contributed by atoms with Crippen LogP contribution in [0.5, 0.6) is 0 Å². The molecule has 7 heteroatoms. The van der Waals surface area contributed by atoms with Gasteiger partial charge in [-0.15, -0.1) is 0 Å². The zero-order valence-electron chi connectivity index (χ0n) is 12.8. The van der Waals surface area contributed by atoms with Crippen molar-refractivity contribution in [1.29, 1.82) is 0 Å². The standard InChI is InChI=1S/C14H24N4O2S/c1-18-8-4-3-5-11(18)6-7-13(19)15-9-14-16-12(10-21-2)17-20-14/h11H,3-10H2,1-2H3,(H,15,19). The Balaban J connectivity index is 1.66. The molecule has 0 aliphatic carbocycles. The molecule has 1 unspecified atom stereocenters. The van der Waals surface area contributed by atoms with E-state index in [-0.39, 0.29) is 5.91 Å². The molecule has 1 N–H and O–H groups in total. The summed E-state index contributed by atoms with van der Waals surface area (Å²) in [6.07, 6.45) is 7.21. The first-order valence-corrected chi connectivity index (χ1v) is 8.85. The number of likely N-dealkylation sites (tertiary alicyclic amines) is 1. The molecule has 0 spiro atoms. The van der Waals surface area contributed by atoms with Gasteiger partial charge in [-0.3, -0.25) is 4.79 Å². The molecule has 2 heterocycles. The predicted octanol–water partition coefficient (Wildman–Crippen LogP) is 1.81. The van der Waals surface area contributed by atoms with Crippen LogP contribution in [0.25, 0.3) is 0 Å². The Bertz CT molecular complexity index is 452. The Morgan fingerprint density at radius 3 is 3.14 bits per heavy atom. The summed E-state index contributed by atoms with van der Waals surface area (Å²) in [7, 11) is 2.15. The summed E-state index contributed by atoms with van der Waals surface area (Å²) in [6.45, 7) is 1.47. The molecule has 0 aromatic carbocycles. The van der Waals surface area contributed by atoms with Gasteiger partial charge in [0.25, 0.3) is 0 Å². The number of nitrogens with one attached hydrogen (secondary N) is 1. The van der Waals surface area contributed by atoms with Gasteiger partial charge in [0.1, 0.15) is 0 Å². The van der Waals surface area contributed by atoms with Gasteiger partial charge in [-0.1, -0.05) is 11.6 Å². The summed E-state index contributed by atoms with van der Waals surface area (Å²) in [4.78, 5) is 18.5. The number of nitrogens with zero attached hydrogens (tertiary/aromatic N) is 3. The Hall–Kier alpha value is -1.08. The number of carbonyl (C=O) groups is 1. The Kier molecular flexibility index (Phi) is 6.50. The molecule has 1 amide bonds. The summed E-state index contributed by atoms with van der Waals surface area (Å²) in [5, 5.41) is 6.70. The van der Waals surface area contributed by atoms with Crippen LogP contribution in [0, 0.1) is 0 Å². The molecule has 21 heavy (non-hydrogen) atoms. The largest absolute Gasteiger partial charge is 0.347 e. The fraction of sp³-hybridized carbons (Fsp3) is 0.786. The molecule has 1 aromatic rings. The second-order valence-corrected chi connectivity index (χ2v) is 6.35. The first kappa shape index (κ1) is 16.3. The average Bonchev–Trinajstić information content (AvgIpc) is 2.92. The van der Waals surface area contributed by atoms with Gasteiger partial charge in [-0.2, -0.15) is 16.7 Å². The summed E-state index contributed by atoms with van der Waals surface area (Å²) in [6, 6.07) is 0.543. The lowest BCUT2D eigenvalue weighted by atomic mass is 9.98.